The number of rotatable bonds is 2. The van der Waals surface area contributed by atoms with Crippen LogP contribution < -0.4 is 11.1 Å². The van der Waals surface area contributed by atoms with Crippen LogP contribution in [0.25, 0.3) is 10.9 Å². The predicted octanol–water partition coefficient (Wildman–Crippen LogP) is 2.90. The molecule has 3 aromatic rings. The van der Waals surface area contributed by atoms with Gasteiger partial charge in [-0.15, -0.1) is 0 Å². The van der Waals surface area contributed by atoms with Gasteiger partial charge in [-0.3, -0.25) is 5.10 Å². The topological polar surface area (TPSA) is 90.5 Å². The van der Waals surface area contributed by atoms with Gasteiger partial charge in [-0.1, -0.05) is 0 Å². The van der Waals surface area contributed by atoms with Gasteiger partial charge in [0.1, 0.15) is 5.82 Å². The van der Waals surface area contributed by atoms with Gasteiger partial charge in [0.25, 0.3) is 0 Å². The minimum atomic E-state index is -0.478. The van der Waals surface area contributed by atoms with Crippen molar-refractivity contribution in [2.45, 2.75) is 0 Å². The van der Waals surface area contributed by atoms with Crippen LogP contribution in [-0.4, -0.2) is 10.2 Å². The summed E-state index contributed by atoms with van der Waals surface area (Å²) in [5.41, 5.74) is 7.73. The minimum absolute atomic E-state index is 0.282. The highest BCUT2D eigenvalue weighted by atomic mass is 19.1. The molecule has 0 unspecified atom stereocenters. The van der Waals surface area contributed by atoms with E-state index < -0.39 is 5.82 Å². The SMILES string of the molecule is N#Cc1ccc(Nc2ccc3c(N)n[nH]c3c2)c(F)c1. The summed E-state index contributed by atoms with van der Waals surface area (Å²) in [4.78, 5) is 0. The van der Waals surface area contributed by atoms with Crippen molar-refractivity contribution in [1.29, 1.82) is 5.26 Å². The third kappa shape index (κ3) is 2.01. The average Bonchev–Trinajstić information content (AvgIpc) is 2.82. The quantitative estimate of drug-likeness (QED) is 0.665. The van der Waals surface area contributed by atoms with Gasteiger partial charge in [-0.05, 0) is 36.4 Å². The maximum Gasteiger partial charge on any atom is 0.153 e. The molecular weight excluding hydrogens is 257 g/mol. The van der Waals surface area contributed by atoms with Crippen LogP contribution in [0.2, 0.25) is 0 Å². The van der Waals surface area contributed by atoms with E-state index in [1.54, 1.807) is 24.3 Å². The van der Waals surface area contributed by atoms with E-state index in [2.05, 4.69) is 15.5 Å². The number of nitrogens with two attached hydrogens (primary N) is 1. The Kier molecular flexibility index (Phi) is 2.73. The predicted molar refractivity (Wildman–Crippen MR) is 74.9 cm³/mol. The summed E-state index contributed by atoms with van der Waals surface area (Å²) in [7, 11) is 0. The minimum Gasteiger partial charge on any atom is -0.382 e. The number of benzene rings is 2. The molecule has 20 heavy (non-hydrogen) atoms. The Balaban J connectivity index is 1.95. The number of nitriles is 1. The molecule has 4 N–H and O–H groups in total. The molecule has 0 saturated carbocycles. The Hall–Kier alpha value is -3.07. The van der Waals surface area contributed by atoms with Crippen LogP contribution in [0, 0.1) is 17.1 Å². The number of nitrogen functional groups attached to an aromatic ring is 1. The third-order valence-corrected chi connectivity index (χ3v) is 2.97. The number of anilines is 3. The van der Waals surface area contributed by atoms with Crippen molar-refractivity contribution in [3.63, 3.8) is 0 Å². The van der Waals surface area contributed by atoms with Gasteiger partial charge >= 0.3 is 0 Å². The van der Waals surface area contributed by atoms with E-state index >= 15 is 0 Å². The fourth-order valence-electron chi connectivity index (χ4n) is 1.96. The van der Waals surface area contributed by atoms with E-state index in [-0.39, 0.29) is 5.56 Å². The molecular formula is C14H10FN5. The summed E-state index contributed by atoms with van der Waals surface area (Å²) >= 11 is 0. The fraction of sp³-hybridized carbons (Fsp3) is 0. The van der Waals surface area contributed by atoms with Crippen molar-refractivity contribution < 1.29 is 4.39 Å². The fourth-order valence-corrected chi connectivity index (χ4v) is 1.96. The Labute approximate surface area is 113 Å². The number of halogens is 1. The monoisotopic (exact) mass is 267 g/mol. The van der Waals surface area contributed by atoms with Gasteiger partial charge in [0.15, 0.2) is 5.82 Å². The zero-order valence-corrected chi connectivity index (χ0v) is 10.3. The Morgan fingerprint density at radius 3 is 2.85 bits per heavy atom. The van der Waals surface area contributed by atoms with Crippen molar-refractivity contribution >= 4 is 28.1 Å². The number of aromatic amines is 1. The molecule has 6 heteroatoms. The summed E-state index contributed by atoms with van der Waals surface area (Å²) in [6.45, 7) is 0. The van der Waals surface area contributed by atoms with Crippen molar-refractivity contribution in [3.8, 4) is 6.07 Å². The summed E-state index contributed by atoms with van der Waals surface area (Å²) in [6, 6.07) is 11.5. The van der Waals surface area contributed by atoms with Gasteiger partial charge in [-0.2, -0.15) is 10.4 Å². The first-order chi connectivity index (χ1) is 9.67. The number of hydrogen-bond donors (Lipinski definition) is 3. The molecule has 1 aromatic heterocycles. The second-order valence-electron chi connectivity index (χ2n) is 4.30. The second-order valence-corrected chi connectivity index (χ2v) is 4.30. The summed E-state index contributed by atoms with van der Waals surface area (Å²) in [5.74, 6) is -0.0515. The van der Waals surface area contributed by atoms with Crippen molar-refractivity contribution in [2.24, 2.45) is 0 Å². The van der Waals surface area contributed by atoms with E-state index in [4.69, 9.17) is 11.0 Å². The zero-order chi connectivity index (χ0) is 14.1. The molecule has 1 heterocycles. The summed E-state index contributed by atoms with van der Waals surface area (Å²) in [6.07, 6.45) is 0. The molecule has 0 aliphatic rings. The van der Waals surface area contributed by atoms with Crippen LogP contribution in [0.5, 0.6) is 0 Å². The lowest BCUT2D eigenvalue weighted by Gasteiger charge is -2.07. The first-order valence-electron chi connectivity index (χ1n) is 5.87. The highest BCUT2D eigenvalue weighted by molar-refractivity contribution is 5.91. The molecule has 0 atom stereocenters. The van der Waals surface area contributed by atoms with Gasteiger partial charge in [0.2, 0.25) is 0 Å². The third-order valence-electron chi connectivity index (χ3n) is 2.97. The number of nitrogens with one attached hydrogen (secondary N) is 2. The maximum absolute atomic E-state index is 13.8. The number of aromatic nitrogens is 2. The molecule has 0 aliphatic heterocycles. The van der Waals surface area contributed by atoms with Gasteiger partial charge in [-0.25, -0.2) is 4.39 Å². The molecule has 0 fully saturated rings. The van der Waals surface area contributed by atoms with Gasteiger partial charge < -0.3 is 11.1 Å². The average molecular weight is 267 g/mol. The molecule has 0 aliphatic carbocycles. The van der Waals surface area contributed by atoms with E-state index in [0.717, 1.165) is 10.9 Å². The molecule has 5 nitrogen and oxygen atoms in total. The molecule has 3 rings (SSSR count). The molecule has 0 spiro atoms. The molecule has 0 amide bonds. The van der Waals surface area contributed by atoms with Crippen LogP contribution in [0.15, 0.2) is 36.4 Å². The lowest BCUT2D eigenvalue weighted by Crippen LogP contribution is -1.94. The van der Waals surface area contributed by atoms with Crippen LogP contribution in [0.3, 0.4) is 0 Å². The Morgan fingerprint density at radius 1 is 1.25 bits per heavy atom. The normalized spacial score (nSPS) is 10.4. The van der Waals surface area contributed by atoms with Crippen molar-refractivity contribution in [3.05, 3.63) is 47.8 Å². The number of H-pyrrole nitrogens is 1. The smallest absolute Gasteiger partial charge is 0.153 e. The number of hydrogen-bond acceptors (Lipinski definition) is 4. The van der Waals surface area contributed by atoms with Gasteiger partial charge in [0, 0.05) is 11.1 Å². The van der Waals surface area contributed by atoms with Crippen LogP contribution in [0.1, 0.15) is 5.56 Å². The largest absolute Gasteiger partial charge is 0.382 e. The number of nitrogens with zero attached hydrogens (tertiary/aromatic N) is 2. The Bertz CT molecular complexity index is 831. The first-order valence-corrected chi connectivity index (χ1v) is 5.87. The van der Waals surface area contributed by atoms with E-state index in [1.807, 2.05) is 6.07 Å². The van der Waals surface area contributed by atoms with E-state index in [1.165, 1.54) is 12.1 Å². The van der Waals surface area contributed by atoms with E-state index in [9.17, 15) is 4.39 Å². The molecule has 0 bridgehead atoms. The highest BCUT2D eigenvalue weighted by Gasteiger charge is 2.06. The second kappa shape index (κ2) is 4.55. The summed E-state index contributed by atoms with van der Waals surface area (Å²) in [5, 5.41) is 19.2. The van der Waals surface area contributed by atoms with Crippen LogP contribution in [-0.2, 0) is 0 Å². The zero-order valence-electron chi connectivity index (χ0n) is 10.3. The molecule has 0 radical (unpaired) electrons. The number of fused-ring (bicyclic) bond motifs is 1. The Morgan fingerprint density at radius 2 is 2.10 bits per heavy atom. The molecule has 2 aromatic carbocycles. The van der Waals surface area contributed by atoms with Crippen LogP contribution >= 0.6 is 0 Å². The maximum atomic E-state index is 13.8. The van der Waals surface area contributed by atoms with Crippen molar-refractivity contribution in [2.75, 3.05) is 11.1 Å². The van der Waals surface area contributed by atoms with Crippen LogP contribution in [0.4, 0.5) is 21.6 Å². The van der Waals surface area contributed by atoms with E-state index in [0.29, 0.717) is 17.2 Å². The lowest BCUT2D eigenvalue weighted by atomic mass is 10.2. The highest BCUT2D eigenvalue weighted by Crippen LogP contribution is 2.25. The standard InChI is InChI=1S/C14H10FN5/c15-11-5-8(7-16)1-4-12(11)18-9-2-3-10-13(6-9)19-20-14(10)17/h1-6,18H,(H3,17,19,20). The lowest BCUT2D eigenvalue weighted by molar-refractivity contribution is 0.631. The molecule has 0 saturated heterocycles. The van der Waals surface area contributed by atoms with Gasteiger partial charge in [0.05, 0.1) is 22.8 Å². The summed E-state index contributed by atoms with van der Waals surface area (Å²) < 4.78 is 13.8. The molecule has 98 valence electrons. The van der Waals surface area contributed by atoms with Crippen molar-refractivity contribution in [1.82, 2.24) is 10.2 Å². The first kappa shape index (κ1) is 12.0.